The fourth-order valence-corrected chi connectivity index (χ4v) is 6.65. The van der Waals surface area contributed by atoms with Crippen LogP contribution >= 0.6 is 0 Å². The van der Waals surface area contributed by atoms with Crippen molar-refractivity contribution in [2.75, 3.05) is 19.8 Å². The molecule has 5 heteroatoms. The predicted octanol–water partition coefficient (Wildman–Crippen LogP) is 17.8. The molecular formula is C59H96O5. The summed E-state index contributed by atoms with van der Waals surface area (Å²) in [6.45, 7) is 7.45. The number of hydrogen-bond donors (Lipinski definition) is 0. The highest BCUT2D eigenvalue weighted by Crippen LogP contribution is 2.12. The van der Waals surface area contributed by atoms with Crippen LogP contribution in [0.3, 0.4) is 0 Å². The molecule has 0 N–H and O–H groups in total. The molecule has 1 unspecified atom stereocenters. The summed E-state index contributed by atoms with van der Waals surface area (Å²) in [5, 5.41) is 0. The van der Waals surface area contributed by atoms with Crippen LogP contribution in [0.25, 0.3) is 0 Å². The average molecular weight is 885 g/mol. The number of esters is 2. The molecule has 0 aliphatic heterocycles. The van der Waals surface area contributed by atoms with E-state index in [0.29, 0.717) is 25.9 Å². The number of hydrogen-bond acceptors (Lipinski definition) is 5. The molecule has 0 amide bonds. The van der Waals surface area contributed by atoms with Gasteiger partial charge in [-0.25, -0.2) is 0 Å². The van der Waals surface area contributed by atoms with Gasteiger partial charge in [0.1, 0.15) is 6.61 Å². The van der Waals surface area contributed by atoms with Gasteiger partial charge in [0.2, 0.25) is 0 Å². The van der Waals surface area contributed by atoms with Crippen molar-refractivity contribution in [1.29, 1.82) is 0 Å². The minimum Gasteiger partial charge on any atom is -0.462 e. The van der Waals surface area contributed by atoms with Crippen molar-refractivity contribution >= 4 is 11.9 Å². The highest BCUT2D eigenvalue weighted by atomic mass is 16.6. The Kier molecular flexibility index (Phi) is 50.5. The van der Waals surface area contributed by atoms with Crippen molar-refractivity contribution < 1.29 is 23.8 Å². The molecule has 0 spiro atoms. The Morgan fingerprint density at radius 2 is 0.734 bits per heavy atom. The number of carbonyl (C=O) groups excluding carboxylic acids is 2. The number of ether oxygens (including phenoxy) is 3. The van der Waals surface area contributed by atoms with E-state index in [2.05, 4.69) is 136 Å². The molecule has 0 aliphatic rings. The summed E-state index contributed by atoms with van der Waals surface area (Å²) >= 11 is 0. The fourth-order valence-electron chi connectivity index (χ4n) is 6.65. The lowest BCUT2D eigenvalue weighted by atomic mass is 10.1. The first-order chi connectivity index (χ1) is 31.6. The monoisotopic (exact) mass is 885 g/mol. The fraction of sp³-hybridized carbons (Fsp3) is 0.627. The molecule has 0 aromatic carbocycles. The third-order valence-electron chi connectivity index (χ3n) is 10.5. The maximum absolute atomic E-state index is 12.8. The molecule has 0 fully saturated rings. The third-order valence-corrected chi connectivity index (χ3v) is 10.5. The van der Waals surface area contributed by atoms with Gasteiger partial charge in [0.15, 0.2) is 6.10 Å². The van der Waals surface area contributed by atoms with Crippen LogP contribution in [0.15, 0.2) is 122 Å². The van der Waals surface area contributed by atoms with Gasteiger partial charge < -0.3 is 14.2 Å². The van der Waals surface area contributed by atoms with Crippen LogP contribution in [0.5, 0.6) is 0 Å². The van der Waals surface area contributed by atoms with E-state index in [-0.39, 0.29) is 25.2 Å². The Hall–Kier alpha value is -3.70. The molecule has 0 rings (SSSR count). The molecule has 64 heavy (non-hydrogen) atoms. The van der Waals surface area contributed by atoms with Crippen LogP contribution in [0.2, 0.25) is 0 Å². The van der Waals surface area contributed by atoms with Gasteiger partial charge in [-0.1, -0.05) is 213 Å². The summed E-state index contributed by atoms with van der Waals surface area (Å²) < 4.78 is 17.3. The van der Waals surface area contributed by atoms with Gasteiger partial charge in [-0.3, -0.25) is 9.59 Å². The molecule has 1 atom stereocenters. The van der Waals surface area contributed by atoms with Crippen molar-refractivity contribution in [2.45, 2.75) is 219 Å². The minimum absolute atomic E-state index is 0.0316. The Morgan fingerprint density at radius 1 is 0.359 bits per heavy atom. The van der Waals surface area contributed by atoms with Crippen molar-refractivity contribution in [1.82, 2.24) is 0 Å². The summed E-state index contributed by atoms with van der Waals surface area (Å²) in [7, 11) is 0. The van der Waals surface area contributed by atoms with Gasteiger partial charge in [-0.15, -0.1) is 0 Å². The first kappa shape index (κ1) is 60.3. The van der Waals surface area contributed by atoms with Gasteiger partial charge in [-0.2, -0.15) is 0 Å². The zero-order chi connectivity index (χ0) is 46.3. The Labute approximate surface area is 395 Å². The van der Waals surface area contributed by atoms with E-state index in [0.717, 1.165) is 96.3 Å². The first-order valence-electron chi connectivity index (χ1n) is 26.1. The number of carbonyl (C=O) groups is 2. The van der Waals surface area contributed by atoms with Crippen LogP contribution in [0.4, 0.5) is 0 Å². The zero-order valence-corrected chi connectivity index (χ0v) is 41.5. The van der Waals surface area contributed by atoms with E-state index >= 15 is 0 Å². The second-order valence-electron chi connectivity index (χ2n) is 16.7. The third kappa shape index (κ3) is 50.9. The molecule has 0 bridgehead atoms. The SMILES string of the molecule is CC/C=C\C/C=C\C/C=C\C/C=C\C/C=C\C/C=C\CCC(=O)OCC(COCCCCCCCCCC/C=C\C/C=C\C/C=C\CC)OC(=O)CCCCCCC/C=C\CCCC. The van der Waals surface area contributed by atoms with Crippen LogP contribution in [-0.4, -0.2) is 37.9 Å². The van der Waals surface area contributed by atoms with Gasteiger partial charge >= 0.3 is 11.9 Å². The molecule has 362 valence electrons. The number of unbranched alkanes of at least 4 members (excludes halogenated alkanes) is 15. The number of allylic oxidation sites excluding steroid dienone is 20. The number of rotatable bonds is 46. The van der Waals surface area contributed by atoms with E-state index in [9.17, 15) is 9.59 Å². The van der Waals surface area contributed by atoms with Crippen molar-refractivity contribution in [3.8, 4) is 0 Å². The molecule has 5 nitrogen and oxygen atoms in total. The summed E-state index contributed by atoms with van der Waals surface area (Å²) in [5.41, 5.74) is 0. The zero-order valence-electron chi connectivity index (χ0n) is 41.5. The lowest BCUT2D eigenvalue weighted by Crippen LogP contribution is -2.30. The lowest BCUT2D eigenvalue weighted by molar-refractivity contribution is -0.162. The van der Waals surface area contributed by atoms with Crippen LogP contribution in [0.1, 0.15) is 213 Å². The van der Waals surface area contributed by atoms with E-state index in [1.807, 2.05) is 6.08 Å². The Balaban J connectivity index is 4.39. The normalized spacial score (nSPS) is 13.2. The molecule has 0 saturated heterocycles. The molecule has 0 aromatic rings. The van der Waals surface area contributed by atoms with Crippen LogP contribution in [-0.2, 0) is 23.8 Å². The van der Waals surface area contributed by atoms with Gasteiger partial charge in [0, 0.05) is 19.4 Å². The molecule has 0 heterocycles. The first-order valence-corrected chi connectivity index (χ1v) is 26.1. The van der Waals surface area contributed by atoms with Gasteiger partial charge in [0.05, 0.1) is 6.61 Å². The Morgan fingerprint density at radius 3 is 1.20 bits per heavy atom. The summed E-state index contributed by atoms with van der Waals surface area (Å²) in [6.07, 6.45) is 75.1. The smallest absolute Gasteiger partial charge is 0.306 e. The average Bonchev–Trinajstić information content (AvgIpc) is 3.30. The minimum atomic E-state index is -0.582. The molecule has 0 aliphatic carbocycles. The standard InChI is InChI=1S/C59H96O5/c1-4-7-10-13-16-19-22-24-26-28-30-31-33-35-38-40-43-46-49-52-58(60)63-56-57(64-59(61)53-50-47-44-41-37-21-18-15-12-9-6-3)55-62-54-51-48-45-42-39-36-34-32-29-27-25-23-20-17-14-11-8-5-2/h7-8,10-11,15-20,24-27,30-31,35,38,43,46,57H,4-6,9,12-14,21-23,28-29,32-34,36-37,39-42,44-45,47-56H2,1-3H3/b10-7-,11-8-,18-15-,19-16-,20-17-,26-24-,27-25-,31-30-,38-35-,46-43-. The van der Waals surface area contributed by atoms with Crippen molar-refractivity contribution in [3.63, 3.8) is 0 Å². The van der Waals surface area contributed by atoms with Crippen molar-refractivity contribution in [2.24, 2.45) is 0 Å². The van der Waals surface area contributed by atoms with Crippen LogP contribution in [0, 0.1) is 0 Å². The lowest BCUT2D eigenvalue weighted by Gasteiger charge is -2.18. The summed E-state index contributed by atoms with van der Waals surface area (Å²) in [5.74, 6) is -0.517. The van der Waals surface area contributed by atoms with E-state index in [1.165, 1.54) is 77.0 Å². The van der Waals surface area contributed by atoms with Gasteiger partial charge in [-0.05, 0) is 109 Å². The second kappa shape index (κ2) is 53.6. The maximum atomic E-state index is 12.8. The van der Waals surface area contributed by atoms with Crippen LogP contribution < -0.4 is 0 Å². The maximum Gasteiger partial charge on any atom is 0.306 e. The van der Waals surface area contributed by atoms with E-state index < -0.39 is 6.10 Å². The van der Waals surface area contributed by atoms with Gasteiger partial charge in [0.25, 0.3) is 0 Å². The predicted molar refractivity (Wildman–Crippen MR) is 279 cm³/mol. The molecule has 0 radical (unpaired) electrons. The van der Waals surface area contributed by atoms with Crippen molar-refractivity contribution in [3.05, 3.63) is 122 Å². The summed E-state index contributed by atoms with van der Waals surface area (Å²) in [4.78, 5) is 25.3. The molecular weight excluding hydrogens is 789 g/mol. The molecule has 0 aromatic heterocycles. The van der Waals surface area contributed by atoms with E-state index in [4.69, 9.17) is 14.2 Å². The highest BCUT2D eigenvalue weighted by Gasteiger charge is 2.17. The largest absolute Gasteiger partial charge is 0.462 e. The second-order valence-corrected chi connectivity index (χ2v) is 16.7. The Bertz CT molecular complexity index is 1320. The summed E-state index contributed by atoms with van der Waals surface area (Å²) in [6, 6.07) is 0. The molecule has 0 saturated carbocycles. The quantitative estimate of drug-likeness (QED) is 0.0346. The van der Waals surface area contributed by atoms with E-state index in [1.54, 1.807) is 0 Å². The topological polar surface area (TPSA) is 61.8 Å². The highest BCUT2D eigenvalue weighted by molar-refractivity contribution is 5.70.